The normalized spacial score (nSPS) is 11.6. The van der Waals surface area contributed by atoms with Crippen molar-refractivity contribution < 1.29 is 14.3 Å². The van der Waals surface area contributed by atoms with Crippen molar-refractivity contribution in [1.82, 2.24) is 5.32 Å². The van der Waals surface area contributed by atoms with Gasteiger partial charge in [0.1, 0.15) is 11.5 Å². The van der Waals surface area contributed by atoms with E-state index in [1.807, 2.05) is 62.4 Å². The molecule has 0 aliphatic heterocycles. The Morgan fingerprint density at radius 1 is 1.13 bits per heavy atom. The van der Waals surface area contributed by atoms with Gasteiger partial charge in [0.05, 0.1) is 26.2 Å². The lowest BCUT2D eigenvalue weighted by molar-refractivity contribution is -0.122. The number of rotatable bonds is 7. The summed E-state index contributed by atoms with van der Waals surface area (Å²) in [5.74, 6) is 1.57. The Bertz CT molecular complexity index is 637. The molecule has 4 heteroatoms. The first-order valence-corrected chi connectivity index (χ1v) is 7.71. The first kappa shape index (κ1) is 16.9. The third-order valence-electron chi connectivity index (χ3n) is 3.58. The van der Waals surface area contributed by atoms with Crippen LogP contribution in [0.3, 0.4) is 0 Å². The molecule has 2 aromatic carbocycles. The molecule has 0 aromatic heterocycles. The molecule has 0 saturated heterocycles. The lowest BCUT2D eigenvalue weighted by atomic mass is 10.1. The maximum Gasteiger partial charge on any atom is 0.223 e. The zero-order valence-electron chi connectivity index (χ0n) is 13.8. The number of carbonyl (C=O) groups is 1. The summed E-state index contributed by atoms with van der Waals surface area (Å²) in [7, 11) is 1.63. The highest BCUT2D eigenvalue weighted by Gasteiger charge is 2.09. The van der Waals surface area contributed by atoms with E-state index >= 15 is 0 Å². The molecule has 0 aliphatic carbocycles. The molecule has 0 spiro atoms. The predicted molar refractivity (Wildman–Crippen MR) is 90.8 cm³/mol. The summed E-state index contributed by atoms with van der Waals surface area (Å²) in [6.45, 7) is 4.34. The summed E-state index contributed by atoms with van der Waals surface area (Å²) in [6, 6.07) is 15.4. The van der Waals surface area contributed by atoms with E-state index in [0.717, 1.165) is 22.6 Å². The van der Waals surface area contributed by atoms with Crippen LogP contribution in [0.2, 0.25) is 0 Å². The van der Waals surface area contributed by atoms with Crippen LogP contribution in [0.15, 0.2) is 48.5 Å². The van der Waals surface area contributed by atoms with E-state index in [-0.39, 0.29) is 11.9 Å². The topological polar surface area (TPSA) is 47.6 Å². The van der Waals surface area contributed by atoms with Gasteiger partial charge in [0.25, 0.3) is 0 Å². The fourth-order valence-electron chi connectivity index (χ4n) is 2.26. The Balaban J connectivity index is 1.77. The average molecular weight is 313 g/mol. The lowest BCUT2D eigenvalue weighted by Gasteiger charge is -2.15. The molecule has 122 valence electrons. The molecule has 1 amide bonds. The molecule has 1 N–H and O–H groups in total. The fraction of sp³-hybridized carbons (Fsp3) is 0.316. The molecule has 1 atom stereocenters. The summed E-state index contributed by atoms with van der Waals surface area (Å²) in [5, 5.41) is 2.97. The molecule has 2 aromatic rings. The minimum absolute atomic E-state index is 0.0269. The zero-order chi connectivity index (χ0) is 16.7. The van der Waals surface area contributed by atoms with Gasteiger partial charge in [-0.1, -0.05) is 24.3 Å². The second-order valence-electron chi connectivity index (χ2n) is 5.48. The van der Waals surface area contributed by atoms with Crippen LogP contribution in [0.5, 0.6) is 11.5 Å². The van der Waals surface area contributed by atoms with E-state index in [9.17, 15) is 4.79 Å². The Morgan fingerprint density at radius 3 is 2.52 bits per heavy atom. The molecule has 0 radical (unpaired) electrons. The second-order valence-corrected chi connectivity index (χ2v) is 5.48. The van der Waals surface area contributed by atoms with Crippen molar-refractivity contribution in [3.63, 3.8) is 0 Å². The standard InChI is InChI=1S/C19H23NO3/c1-14-5-4-6-18(13-14)23-12-11-19(21)20-15(2)16-7-9-17(22-3)10-8-16/h4-10,13,15H,11-12H2,1-3H3,(H,20,21). The molecule has 1 unspecified atom stereocenters. The van der Waals surface area contributed by atoms with Gasteiger partial charge in [-0.15, -0.1) is 0 Å². The molecule has 0 heterocycles. The van der Waals surface area contributed by atoms with Crippen LogP contribution >= 0.6 is 0 Å². The van der Waals surface area contributed by atoms with Crippen LogP contribution in [-0.2, 0) is 4.79 Å². The van der Waals surface area contributed by atoms with Gasteiger partial charge in [-0.05, 0) is 49.2 Å². The predicted octanol–water partition coefficient (Wildman–Crippen LogP) is 3.65. The highest BCUT2D eigenvalue weighted by atomic mass is 16.5. The van der Waals surface area contributed by atoms with Gasteiger partial charge in [0, 0.05) is 0 Å². The molecule has 0 fully saturated rings. The first-order valence-electron chi connectivity index (χ1n) is 7.71. The molecule has 2 rings (SSSR count). The van der Waals surface area contributed by atoms with Crippen molar-refractivity contribution >= 4 is 5.91 Å². The molecular formula is C19H23NO3. The van der Waals surface area contributed by atoms with Crippen LogP contribution in [0.4, 0.5) is 0 Å². The van der Waals surface area contributed by atoms with Gasteiger partial charge < -0.3 is 14.8 Å². The molecule has 4 nitrogen and oxygen atoms in total. The minimum Gasteiger partial charge on any atom is -0.497 e. The number of amides is 1. The van der Waals surface area contributed by atoms with Crippen molar-refractivity contribution in [1.29, 1.82) is 0 Å². The minimum atomic E-state index is -0.0487. The van der Waals surface area contributed by atoms with E-state index in [4.69, 9.17) is 9.47 Å². The number of benzene rings is 2. The van der Waals surface area contributed by atoms with Crippen molar-refractivity contribution in [3.8, 4) is 11.5 Å². The number of methoxy groups -OCH3 is 1. The van der Waals surface area contributed by atoms with Crippen LogP contribution in [0, 0.1) is 6.92 Å². The summed E-state index contributed by atoms with van der Waals surface area (Å²) < 4.78 is 10.7. The highest BCUT2D eigenvalue weighted by Crippen LogP contribution is 2.17. The van der Waals surface area contributed by atoms with E-state index in [2.05, 4.69) is 5.32 Å². The first-order chi connectivity index (χ1) is 11.1. The van der Waals surface area contributed by atoms with Crippen LogP contribution in [-0.4, -0.2) is 19.6 Å². The Labute approximate surface area is 137 Å². The third kappa shape index (κ3) is 5.33. The molecule has 0 saturated carbocycles. The van der Waals surface area contributed by atoms with Gasteiger partial charge in [0.15, 0.2) is 0 Å². The van der Waals surface area contributed by atoms with Crippen LogP contribution in [0.1, 0.15) is 30.5 Å². The van der Waals surface area contributed by atoms with Gasteiger partial charge in [0.2, 0.25) is 5.91 Å². The largest absolute Gasteiger partial charge is 0.497 e. The maximum absolute atomic E-state index is 12.0. The molecular weight excluding hydrogens is 290 g/mol. The van der Waals surface area contributed by atoms with Gasteiger partial charge in [-0.2, -0.15) is 0 Å². The Morgan fingerprint density at radius 2 is 1.87 bits per heavy atom. The lowest BCUT2D eigenvalue weighted by Crippen LogP contribution is -2.27. The fourth-order valence-corrected chi connectivity index (χ4v) is 2.26. The van der Waals surface area contributed by atoms with Crippen molar-refractivity contribution in [2.24, 2.45) is 0 Å². The number of hydrogen-bond donors (Lipinski definition) is 1. The third-order valence-corrected chi connectivity index (χ3v) is 3.58. The van der Waals surface area contributed by atoms with Gasteiger partial charge in [-0.3, -0.25) is 4.79 Å². The smallest absolute Gasteiger partial charge is 0.223 e. The van der Waals surface area contributed by atoms with Crippen molar-refractivity contribution in [2.75, 3.05) is 13.7 Å². The Hall–Kier alpha value is -2.49. The van der Waals surface area contributed by atoms with Gasteiger partial charge in [-0.25, -0.2) is 0 Å². The van der Waals surface area contributed by atoms with Crippen LogP contribution < -0.4 is 14.8 Å². The molecule has 0 bridgehead atoms. The summed E-state index contributed by atoms with van der Waals surface area (Å²) in [4.78, 5) is 12.0. The average Bonchev–Trinajstić information content (AvgIpc) is 2.55. The summed E-state index contributed by atoms with van der Waals surface area (Å²) in [6.07, 6.45) is 0.328. The van der Waals surface area contributed by atoms with E-state index < -0.39 is 0 Å². The number of nitrogens with one attached hydrogen (secondary N) is 1. The molecule has 23 heavy (non-hydrogen) atoms. The summed E-state index contributed by atoms with van der Waals surface area (Å²) >= 11 is 0. The van der Waals surface area contributed by atoms with Crippen molar-refractivity contribution in [2.45, 2.75) is 26.3 Å². The van der Waals surface area contributed by atoms with Crippen molar-refractivity contribution in [3.05, 3.63) is 59.7 Å². The number of ether oxygens (including phenoxy) is 2. The number of aryl methyl sites for hydroxylation is 1. The van der Waals surface area contributed by atoms with Gasteiger partial charge >= 0.3 is 0 Å². The highest BCUT2D eigenvalue weighted by molar-refractivity contribution is 5.76. The maximum atomic E-state index is 12.0. The van der Waals surface area contributed by atoms with E-state index in [0.29, 0.717) is 13.0 Å². The SMILES string of the molecule is COc1ccc(C(C)NC(=O)CCOc2cccc(C)c2)cc1. The zero-order valence-corrected chi connectivity index (χ0v) is 13.8. The summed E-state index contributed by atoms with van der Waals surface area (Å²) in [5.41, 5.74) is 2.18. The Kier molecular flexibility index (Phi) is 6.03. The van der Waals surface area contributed by atoms with E-state index in [1.54, 1.807) is 7.11 Å². The quantitative estimate of drug-likeness (QED) is 0.849. The monoisotopic (exact) mass is 313 g/mol. The van der Waals surface area contributed by atoms with Crippen LogP contribution in [0.25, 0.3) is 0 Å². The van der Waals surface area contributed by atoms with E-state index in [1.165, 1.54) is 0 Å². The molecule has 0 aliphatic rings. The number of hydrogen-bond acceptors (Lipinski definition) is 3. The number of carbonyl (C=O) groups excluding carboxylic acids is 1. The second kappa shape index (κ2) is 8.22.